The second kappa shape index (κ2) is 8.68. The smallest absolute Gasteiger partial charge is 0.250 e. The summed E-state index contributed by atoms with van der Waals surface area (Å²) in [6.45, 7) is 4.40. The van der Waals surface area contributed by atoms with Gasteiger partial charge < -0.3 is 15.8 Å². The second-order valence-electron chi connectivity index (χ2n) is 3.87. The van der Waals surface area contributed by atoms with Crippen LogP contribution in [0, 0.1) is 0 Å². The lowest BCUT2D eigenvalue weighted by Crippen LogP contribution is -2.44. The molecule has 1 amide bonds. The van der Waals surface area contributed by atoms with Gasteiger partial charge in [0.2, 0.25) is 0 Å². The lowest BCUT2D eigenvalue weighted by Gasteiger charge is -2.18. The van der Waals surface area contributed by atoms with Gasteiger partial charge in [-0.05, 0) is 13.3 Å². The average molecular weight is 216 g/mol. The van der Waals surface area contributed by atoms with Crippen LogP contribution in [0.15, 0.2) is 0 Å². The molecule has 4 nitrogen and oxygen atoms in total. The van der Waals surface area contributed by atoms with E-state index in [4.69, 9.17) is 10.5 Å². The van der Waals surface area contributed by atoms with E-state index >= 15 is 0 Å². The van der Waals surface area contributed by atoms with E-state index in [1.54, 1.807) is 0 Å². The molecule has 90 valence electrons. The lowest BCUT2D eigenvalue weighted by molar-refractivity contribution is -0.131. The zero-order valence-corrected chi connectivity index (χ0v) is 10.1. The molecule has 0 saturated carbocycles. The highest BCUT2D eigenvalue weighted by atomic mass is 16.5. The number of methoxy groups -OCH3 is 1. The van der Waals surface area contributed by atoms with Crippen LogP contribution in [-0.2, 0) is 9.53 Å². The Hall–Kier alpha value is -0.610. The van der Waals surface area contributed by atoms with E-state index in [1.165, 1.54) is 20.0 Å². The van der Waals surface area contributed by atoms with Gasteiger partial charge in [0.05, 0.1) is 0 Å². The molecule has 0 radical (unpaired) electrons. The van der Waals surface area contributed by atoms with Crippen LogP contribution in [0.1, 0.15) is 39.5 Å². The van der Waals surface area contributed by atoms with Gasteiger partial charge >= 0.3 is 0 Å². The fourth-order valence-corrected chi connectivity index (χ4v) is 1.42. The first-order valence-corrected chi connectivity index (χ1v) is 5.68. The van der Waals surface area contributed by atoms with Crippen molar-refractivity contribution < 1.29 is 9.53 Å². The SMILES string of the molecule is CCCCCC(C)NC(=O)C(CN)OC. The molecule has 0 aliphatic carbocycles. The lowest BCUT2D eigenvalue weighted by atomic mass is 10.1. The maximum atomic E-state index is 11.5. The van der Waals surface area contributed by atoms with Crippen molar-refractivity contribution in [3.05, 3.63) is 0 Å². The highest BCUT2D eigenvalue weighted by Gasteiger charge is 2.17. The Balaban J connectivity index is 3.74. The summed E-state index contributed by atoms with van der Waals surface area (Å²) in [6.07, 6.45) is 4.06. The Morgan fingerprint density at radius 3 is 2.60 bits per heavy atom. The van der Waals surface area contributed by atoms with E-state index in [1.807, 2.05) is 6.92 Å². The molecule has 0 aromatic carbocycles. The number of nitrogens with two attached hydrogens (primary N) is 1. The van der Waals surface area contributed by atoms with E-state index in [2.05, 4.69) is 12.2 Å². The van der Waals surface area contributed by atoms with Crippen molar-refractivity contribution in [2.24, 2.45) is 5.73 Å². The molecular weight excluding hydrogens is 192 g/mol. The number of carbonyl (C=O) groups is 1. The topological polar surface area (TPSA) is 64.4 Å². The molecule has 0 saturated heterocycles. The van der Waals surface area contributed by atoms with Gasteiger partial charge in [-0.25, -0.2) is 0 Å². The first-order chi connectivity index (χ1) is 7.15. The number of unbranched alkanes of at least 4 members (excludes halogenated alkanes) is 2. The minimum absolute atomic E-state index is 0.107. The minimum atomic E-state index is -0.515. The van der Waals surface area contributed by atoms with Crippen LogP contribution in [0.2, 0.25) is 0 Å². The van der Waals surface area contributed by atoms with Gasteiger partial charge in [0, 0.05) is 19.7 Å². The fraction of sp³-hybridized carbons (Fsp3) is 0.909. The maximum Gasteiger partial charge on any atom is 0.250 e. The molecule has 0 aliphatic heterocycles. The molecule has 4 heteroatoms. The van der Waals surface area contributed by atoms with Crippen molar-refractivity contribution in [3.63, 3.8) is 0 Å². The largest absolute Gasteiger partial charge is 0.370 e. The highest BCUT2D eigenvalue weighted by molar-refractivity contribution is 5.81. The number of hydrogen-bond acceptors (Lipinski definition) is 3. The number of nitrogens with one attached hydrogen (secondary N) is 1. The fourth-order valence-electron chi connectivity index (χ4n) is 1.42. The standard InChI is InChI=1S/C11H24N2O2/c1-4-5-6-7-9(2)13-11(14)10(8-12)15-3/h9-10H,4-8,12H2,1-3H3,(H,13,14). The summed E-state index contributed by atoms with van der Waals surface area (Å²) in [5.41, 5.74) is 5.40. The van der Waals surface area contributed by atoms with Gasteiger partial charge in [0.15, 0.2) is 0 Å². The van der Waals surface area contributed by atoms with Gasteiger partial charge in [-0.3, -0.25) is 4.79 Å². The van der Waals surface area contributed by atoms with Crippen LogP contribution in [0.3, 0.4) is 0 Å². The van der Waals surface area contributed by atoms with Crippen molar-refractivity contribution in [2.75, 3.05) is 13.7 Å². The quantitative estimate of drug-likeness (QED) is 0.596. The van der Waals surface area contributed by atoms with Gasteiger partial charge in [0.1, 0.15) is 6.10 Å². The van der Waals surface area contributed by atoms with E-state index < -0.39 is 6.10 Å². The third-order valence-electron chi connectivity index (χ3n) is 2.42. The number of carbonyl (C=O) groups excluding carboxylic acids is 1. The van der Waals surface area contributed by atoms with Crippen LogP contribution in [0.25, 0.3) is 0 Å². The summed E-state index contributed by atoms with van der Waals surface area (Å²) in [5, 5.41) is 2.90. The third kappa shape index (κ3) is 6.47. The number of hydrogen-bond donors (Lipinski definition) is 2. The first kappa shape index (κ1) is 14.4. The molecule has 15 heavy (non-hydrogen) atoms. The van der Waals surface area contributed by atoms with Crippen LogP contribution in [0.4, 0.5) is 0 Å². The van der Waals surface area contributed by atoms with Gasteiger partial charge in [-0.1, -0.05) is 26.2 Å². The van der Waals surface area contributed by atoms with Crippen molar-refractivity contribution >= 4 is 5.91 Å². The van der Waals surface area contributed by atoms with Gasteiger partial charge in [-0.15, -0.1) is 0 Å². The molecule has 2 unspecified atom stereocenters. The summed E-state index contributed by atoms with van der Waals surface area (Å²) in [6, 6.07) is 0.202. The van der Waals surface area contributed by atoms with E-state index in [0.29, 0.717) is 0 Å². The van der Waals surface area contributed by atoms with Crippen LogP contribution in [-0.4, -0.2) is 31.7 Å². The van der Waals surface area contributed by atoms with Crippen molar-refractivity contribution in [1.29, 1.82) is 0 Å². The molecule has 0 aromatic rings. The van der Waals surface area contributed by atoms with E-state index in [9.17, 15) is 4.79 Å². The summed E-state index contributed by atoms with van der Waals surface area (Å²) < 4.78 is 4.95. The van der Waals surface area contributed by atoms with Gasteiger partial charge in [-0.2, -0.15) is 0 Å². The van der Waals surface area contributed by atoms with Crippen LogP contribution in [0.5, 0.6) is 0 Å². The monoisotopic (exact) mass is 216 g/mol. The highest BCUT2D eigenvalue weighted by Crippen LogP contribution is 2.03. The van der Waals surface area contributed by atoms with Gasteiger partial charge in [0.25, 0.3) is 5.91 Å². The molecule has 0 fully saturated rings. The van der Waals surface area contributed by atoms with Crippen molar-refractivity contribution in [1.82, 2.24) is 5.32 Å². The van der Waals surface area contributed by atoms with Crippen molar-refractivity contribution in [2.45, 2.75) is 51.7 Å². The average Bonchev–Trinajstić information content (AvgIpc) is 2.20. The molecule has 0 rings (SSSR count). The van der Waals surface area contributed by atoms with Crippen molar-refractivity contribution in [3.8, 4) is 0 Å². The Labute approximate surface area is 92.6 Å². The minimum Gasteiger partial charge on any atom is -0.370 e. The summed E-state index contributed by atoms with van der Waals surface area (Å²) in [5.74, 6) is -0.107. The molecule has 0 aromatic heterocycles. The molecule has 2 atom stereocenters. The Kier molecular flexibility index (Phi) is 8.33. The Morgan fingerprint density at radius 2 is 2.13 bits per heavy atom. The molecule has 0 heterocycles. The summed E-state index contributed by atoms with van der Waals surface area (Å²) in [7, 11) is 1.50. The predicted octanol–water partition coefficient (Wildman–Crippen LogP) is 1.05. The Bertz CT molecular complexity index is 170. The zero-order valence-electron chi connectivity index (χ0n) is 10.1. The predicted molar refractivity (Wildman–Crippen MR) is 61.6 cm³/mol. The third-order valence-corrected chi connectivity index (χ3v) is 2.42. The maximum absolute atomic E-state index is 11.5. The first-order valence-electron chi connectivity index (χ1n) is 5.68. The number of rotatable bonds is 8. The summed E-state index contributed by atoms with van der Waals surface area (Å²) >= 11 is 0. The van der Waals surface area contributed by atoms with Crippen LogP contribution >= 0.6 is 0 Å². The molecular formula is C11H24N2O2. The van der Waals surface area contributed by atoms with Crippen LogP contribution < -0.4 is 11.1 Å². The molecule has 0 bridgehead atoms. The summed E-state index contributed by atoms with van der Waals surface area (Å²) in [4.78, 5) is 11.5. The number of amides is 1. The second-order valence-corrected chi connectivity index (χ2v) is 3.87. The Morgan fingerprint density at radius 1 is 1.47 bits per heavy atom. The number of ether oxygens (including phenoxy) is 1. The zero-order chi connectivity index (χ0) is 11.7. The van der Waals surface area contributed by atoms with E-state index in [-0.39, 0.29) is 18.5 Å². The normalized spacial score (nSPS) is 14.7. The molecule has 3 N–H and O–H groups in total. The molecule has 0 aliphatic rings. The molecule has 0 spiro atoms. The van der Waals surface area contributed by atoms with E-state index in [0.717, 1.165) is 12.8 Å².